The SMILES string of the molecule is Cc1cc([C@H](C)O)ccc1OCc1cccc(Br)c1. The van der Waals surface area contributed by atoms with Gasteiger partial charge in [-0.1, -0.05) is 34.1 Å². The van der Waals surface area contributed by atoms with Crippen LogP contribution in [0.2, 0.25) is 0 Å². The van der Waals surface area contributed by atoms with Crippen molar-refractivity contribution in [1.82, 2.24) is 0 Å². The van der Waals surface area contributed by atoms with E-state index in [0.29, 0.717) is 6.61 Å². The number of aliphatic hydroxyl groups is 1. The highest BCUT2D eigenvalue weighted by Gasteiger charge is 2.05. The van der Waals surface area contributed by atoms with Crippen molar-refractivity contribution in [2.45, 2.75) is 26.6 Å². The average molecular weight is 321 g/mol. The smallest absolute Gasteiger partial charge is 0.122 e. The number of hydrogen-bond donors (Lipinski definition) is 1. The highest BCUT2D eigenvalue weighted by molar-refractivity contribution is 9.10. The summed E-state index contributed by atoms with van der Waals surface area (Å²) in [6.07, 6.45) is -0.446. The lowest BCUT2D eigenvalue weighted by atomic mass is 10.1. The summed E-state index contributed by atoms with van der Waals surface area (Å²) in [6.45, 7) is 4.28. The second kappa shape index (κ2) is 6.22. The van der Waals surface area contributed by atoms with E-state index in [-0.39, 0.29) is 0 Å². The van der Waals surface area contributed by atoms with Crippen LogP contribution in [0.1, 0.15) is 29.7 Å². The molecule has 0 aliphatic carbocycles. The van der Waals surface area contributed by atoms with Crippen molar-refractivity contribution in [3.05, 3.63) is 63.6 Å². The first-order valence-corrected chi connectivity index (χ1v) is 7.01. The number of aryl methyl sites for hydroxylation is 1. The highest BCUT2D eigenvalue weighted by atomic mass is 79.9. The molecule has 0 bridgehead atoms. The van der Waals surface area contributed by atoms with Gasteiger partial charge in [0.25, 0.3) is 0 Å². The molecule has 19 heavy (non-hydrogen) atoms. The van der Waals surface area contributed by atoms with Crippen LogP contribution in [-0.2, 0) is 6.61 Å². The Labute approximate surface area is 122 Å². The van der Waals surface area contributed by atoms with E-state index in [1.807, 2.05) is 49.4 Å². The molecular weight excluding hydrogens is 304 g/mol. The largest absolute Gasteiger partial charge is 0.489 e. The summed E-state index contributed by atoms with van der Waals surface area (Å²) in [5.41, 5.74) is 3.06. The Balaban J connectivity index is 2.07. The van der Waals surface area contributed by atoms with Gasteiger partial charge < -0.3 is 9.84 Å². The van der Waals surface area contributed by atoms with Crippen LogP contribution in [0.25, 0.3) is 0 Å². The van der Waals surface area contributed by atoms with Crippen molar-refractivity contribution in [2.24, 2.45) is 0 Å². The minimum absolute atomic E-state index is 0.446. The van der Waals surface area contributed by atoms with Gasteiger partial charge in [-0.15, -0.1) is 0 Å². The van der Waals surface area contributed by atoms with Gasteiger partial charge in [0.1, 0.15) is 12.4 Å². The molecule has 0 aliphatic rings. The number of benzene rings is 2. The van der Waals surface area contributed by atoms with Crippen LogP contribution in [0.3, 0.4) is 0 Å². The van der Waals surface area contributed by atoms with Gasteiger partial charge in [-0.25, -0.2) is 0 Å². The lowest BCUT2D eigenvalue weighted by Crippen LogP contribution is -1.98. The summed E-state index contributed by atoms with van der Waals surface area (Å²) >= 11 is 3.44. The topological polar surface area (TPSA) is 29.5 Å². The first kappa shape index (κ1) is 14.1. The molecular formula is C16H17BrO2. The van der Waals surface area contributed by atoms with Crippen molar-refractivity contribution in [1.29, 1.82) is 0 Å². The van der Waals surface area contributed by atoms with Crippen LogP contribution in [-0.4, -0.2) is 5.11 Å². The predicted molar refractivity (Wildman–Crippen MR) is 80.3 cm³/mol. The van der Waals surface area contributed by atoms with E-state index in [1.165, 1.54) is 0 Å². The molecule has 2 nitrogen and oxygen atoms in total. The fourth-order valence-electron chi connectivity index (χ4n) is 1.88. The minimum atomic E-state index is -0.446. The standard InChI is InChI=1S/C16H17BrO2/c1-11-8-14(12(2)18)6-7-16(11)19-10-13-4-3-5-15(17)9-13/h3-9,12,18H,10H2,1-2H3/t12-/m0/s1. The minimum Gasteiger partial charge on any atom is -0.489 e. The fraction of sp³-hybridized carbons (Fsp3) is 0.250. The Morgan fingerprint density at radius 1 is 1.21 bits per heavy atom. The van der Waals surface area contributed by atoms with Gasteiger partial charge in [0.15, 0.2) is 0 Å². The van der Waals surface area contributed by atoms with Crippen molar-refractivity contribution in [3.8, 4) is 5.75 Å². The highest BCUT2D eigenvalue weighted by Crippen LogP contribution is 2.23. The van der Waals surface area contributed by atoms with Gasteiger partial charge in [0.05, 0.1) is 6.10 Å². The van der Waals surface area contributed by atoms with Crippen LogP contribution < -0.4 is 4.74 Å². The Morgan fingerprint density at radius 3 is 2.63 bits per heavy atom. The molecule has 0 heterocycles. The van der Waals surface area contributed by atoms with Crippen molar-refractivity contribution < 1.29 is 9.84 Å². The van der Waals surface area contributed by atoms with Crippen molar-refractivity contribution in [2.75, 3.05) is 0 Å². The molecule has 0 amide bonds. The average Bonchev–Trinajstić information content (AvgIpc) is 2.37. The molecule has 0 unspecified atom stereocenters. The zero-order chi connectivity index (χ0) is 13.8. The molecule has 2 aromatic rings. The fourth-order valence-corrected chi connectivity index (χ4v) is 2.33. The summed E-state index contributed by atoms with van der Waals surface area (Å²) in [5, 5.41) is 9.53. The second-order valence-corrected chi connectivity index (χ2v) is 5.54. The molecule has 2 aromatic carbocycles. The van der Waals surface area contributed by atoms with Crippen molar-refractivity contribution in [3.63, 3.8) is 0 Å². The molecule has 0 aromatic heterocycles. The van der Waals surface area contributed by atoms with E-state index in [4.69, 9.17) is 4.74 Å². The van der Waals surface area contributed by atoms with Gasteiger partial charge in [-0.05, 0) is 54.8 Å². The molecule has 0 radical (unpaired) electrons. The third kappa shape index (κ3) is 3.82. The second-order valence-electron chi connectivity index (χ2n) is 4.62. The van der Waals surface area contributed by atoms with Crippen LogP contribution in [0.5, 0.6) is 5.75 Å². The first-order chi connectivity index (χ1) is 9.06. The molecule has 3 heteroatoms. The number of halogens is 1. The normalized spacial score (nSPS) is 12.2. The maximum absolute atomic E-state index is 9.53. The van der Waals surface area contributed by atoms with Gasteiger partial charge in [-0.2, -0.15) is 0 Å². The summed E-state index contributed by atoms with van der Waals surface area (Å²) < 4.78 is 6.86. The Hall–Kier alpha value is -1.32. The Morgan fingerprint density at radius 2 is 2.00 bits per heavy atom. The summed E-state index contributed by atoms with van der Waals surface area (Å²) in [5.74, 6) is 0.851. The molecule has 0 saturated carbocycles. The molecule has 0 saturated heterocycles. The van der Waals surface area contributed by atoms with Gasteiger partial charge in [0, 0.05) is 4.47 Å². The summed E-state index contributed by atoms with van der Waals surface area (Å²) in [6, 6.07) is 13.8. The molecule has 0 fully saturated rings. The summed E-state index contributed by atoms with van der Waals surface area (Å²) in [7, 11) is 0. The van der Waals surface area contributed by atoms with Gasteiger partial charge >= 0.3 is 0 Å². The van der Waals surface area contributed by atoms with Gasteiger partial charge in [-0.3, -0.25) is 0 Å². The molecule has 1 atom stereocenters. The Kier molecular flexibility index (Phi) is 4.61. The maximum Gasteiger partial charge on any atom is 0.122 e. The van der Waals surface area contributed by atoms with Crippen LogP contribution in [0.4, 0.5) is 0 Å². The van der Waals surface area contributed by atoms with E-state index in [2.05, 4.69) is 15.9 Å². The van der Waals surface area contributed by atoms with E-state index in [1.54, 1.807) is 6.92 Å². The predicted octanol–water partition coefficient (Wildman–Crippen LogP) is 4.39. The molecule has 100 valence electrons. The van der Waals surface area contributed by atoms with Crippen LogP contribution >= 0.6 is 15.9 Å². The zero-order valence-corrected chi connectivity index (χ0v) is 12.6. The van der Waals surface area contributed by atoms with Crippen LogP contribution in [0.15, 0.2) is 46.9 Å². The zero-order valence-electron chi connectivity index (χ0n) is 11.1. The lowest BCUT2D eigenvalue weighted by molar-refractivity contribution is 0.199. The number of ether oxygens (including phenoxy) is 1. The Bertz CT molecular complexity index is 564. The molecule has 1 N–H and O–H groups in total. The monoisotopic (exact) mass is 320 g/mol. The third-order valence-electron chi connectivity index (χ3n) is 2.96. The molecule has 2 rings (SSSR count). The maximum atomic E-state index is 9.53. The quantitative estimate of drug-likeness (QED) is 0.905. The van der Waals surface area contributed by atoms with Crippen LogP contribution in [0, 0.1) is 6.92 Å². The van der Waals surface area contributed by atoms with E-state index < -0.39 is 6.10 Å². The van der Waals surface area contributed by atoms with E-state index in [9.17, 15) is 5.11 Å². The van der Waals surface area contributed by atoms with Gasteiger partial charge in [0.2, 0.25) is 0 Å². The number of aliphatic hydroxyl groups excluding tert-OH is 1. The lowest BCUT2D eigenvalue weighted by Gasteiger charge is -2.12. The molecule has 0 aliphatic heterocycles. The van der Waals surface area contributed by atoms with Crippen molar-refractivity contribution >= 4 is 15.9 Å². The summed E-state index contributed by atoms with van der Waals surface area (Å²) in [4.78, 5) is 0. The van der Waals surface area contributed by atoms with E-state index >= 15 is 0 Å². The van der Waals surface area contributed by atoms with E-state index in [0.717, 1.165) is 26.9 Å². The number of rotatable bonds is 4. The first-order valence-electron chi connectivity index (χ1n) is 6.22. The third-order valence-corrected chi connectivity index (χ3v) is 3.46. The molecule has 0 spiro atoms. The number of hydrogen-bond acceptors (Lipinski definition) is 2.